The smallest absolute Gasteiger partial charge is 0.0698 e. The molecule has 6 heteroatoms. The number of ether oxygens (including phenoxy) is 1. The average Bonchev–Trinajstić information content (AvgIpc) is 3.37. The van der Waals surface area contributed by atoms with Crippen LogP contribution < -0.4 is 4.90 Å². The molecule has 0 aromatic heterocycles. The van der Waals surface area contributed by atoms with Gasteiger partial charge in [0, 0.05) is 57.5 Å². The number of morpholine rings is 1. The third-order valence-electron chi connectivity index (χ3n) is 7.11. The van der Waals surface area contributed by atoms with Crippen LogP contribution in [0.2, 0.25) is 0 Å². The second-order valence-electron chi connectivity index (χ2n) is 11.0. The molecular formula is C30H46N4O2. The minimum Gasteiger partial charge on any atom is -0.378 e. The predicted octanol–water partition coefficient (Wildman–Crippen LogP) is 4.64. The Bertz CT molecular complexity index is 913. The third-order valence-corrected chi connectivity index (χ3v) is 7.11. The number of benzene rings is 2. The summed E-state index contributed by atoms with van der Waals surface area (Å²) in [7, 11) is 4.40. The molecule has 36 heavy (non-hydrogen) atoms. The van der Waals surface area contributed by atoms with Crippen LogP contribution in [0.1, 0.15) is 43.4 Å². The lowest BCUT2D eigenvalue weighted by Gasteiger charge is -2.37. The van der Waals surface area contributed by atoms with E-state index in [9.17, 15) is 0 Å². The predicted molar refractivity (Wildman–Crippen MR) is 148 cm³/mol. The molecule has 2 heterocycles. The highest BCUT2D eigenvalue weighted by atomic mass is 16.7. The molecule has 0 bridgehead atoms. The lowest BCUT2D eigenvalue weighted by atomic mass is 9.99. The zero-order chi connectivity index (χ0) is 25.3. The molecule has 2 saturated heterocycles. The fourth-order valence-electron chi connectivity index (χ4n) is 5.48. The van der Waals surface area contributed by atoms with Crippen molar-refractivity contribution in [1.29, 1.82) is 0 Å². The highest BCUT2D eigenvalue weighted by Gasteiger charge is 2.24. The van der Waals surface area contributed by atoms with Gasteiger partial charge in [-0.2, -0.15) is 5.06 Å². The monoisotopic (exact) mass is 494 g/mol. The number of anilines is 1. The van der Waals surface area contributed by atoms with Crippen molar-refractivity contribution in [2.45, 2.75) is 52.4 Å². The molecular weight excluding hydrogens is 448 g/mol. The van der Waals surface area contributed by atoms with Crippen molar-refractivity contribution in [2.75, 3.05) is 65.0 Å². The van der Waals surface area contributed by atoms with Crippen LogP contribution in [-0.4, -0.2) is 81.0 Å². The van der Waals surface area contributed by atoms with Gasteiger partial charge in [0.05, 0.1) is 19.8 Å². The van der Waals surface area contributed by atoms with Gasteiger partial charge in [0.25, 0.3) is 0 Å². The third kappa shape index (κ3) is 8.02. The van der Waals surface area contributed by atoms with E-state index in [1.807, 2.05) is 0 Å². The lowest BCUT2D eigenvalue weighted by Crippen LogP contribution is -2.43. The molecule has 0 radical (unpaired) electrons. The minimum atomic E-state index is 0.475. The summed E-state index contributed by atoms with van der Waals surface area (Å²) in [6, 6.07) is 18.6. The number of hydroxylamine groups is 2. The van der Waals surface area contributed by atoms with Crippen molar-refractivity contribution in [2.24, 2.45) is 5.92 Å². The summed E-state index contributed by atoms with van der Waals surface area (Å²) in [4.78, 5) is 13.3. The Kier molecular flexibility index (Phi) is 10.2. The Balaban J connectivity index is 1.58. The number of likely N-dealkylation sites (N-methyl/N-ethyl adjacent to an activating group) is 1. The standard InChI is InChI=1S/C30H46N4O2/c1-25(2)19-29(24-31(3)4)33(21-26-9-7-10-27(20-26)22-34-13-8-16-36-34)23-28-11-5-6-12-30(28)32-14-17-35-18-15-32/h5-7,9-12,20,25,29H,8,13-19,21-24H2,1-4H3/t29-/m1/s1. The second-order valence-corrected chi connectivity index (χ2v) is 11.0. The maximum absolute atomic E-state index is 5.76. The van der Waals surface area contributed by atoms with Crippen molar-refractivity contribution in [3.05, 3.63) is 65.2 Å². The first-order valence-electron chi connectivity index (χ1n) is 13.7. The van der Waals surface area contributed by atoms with E-state index in [1.165, 1.54) is 28.8 Å². The molecule has 198 valence electrons. The Morgan fingerprint density at radius 1 is 0.889 bits per heavy atom. The topological polar surface area (TPSA) is 31.4 Å². The summed E-state index contributed by atoms with van der Waals surface area (Å²) in [6.45, 7) is 13.9. The molecule has 6 nitrogen and oxygen atoms in total. The summed E-state index contributed by atoms with van der Waals surface area (Å²) in [5.41, 5.74) is 5.48. The highest BCUT2D eigenvalue weighted by Crippen LogP contribution is 2.26. The van der Waals surface area contributed by atoms with Gasteiger partial charge < -0.3 is 14.5 Å². The van der Waals surface area contributed by atoms with E-state index in [1.54, 1.807) is 0 Å². The lowest BCUT2D eigenvalue weighted by molar-refractivity contribution is -0.117. The molecule has 2 aromatic rings. The molecule has 4 rings (SSSR count). The van der Waals surface area contributed by atoms with E-state index >= 15 is 0 Å². The quantitative estimate of drug-likeness (QED) is 0.427. The molecule has 0 spiro atoms. The Morgan fingerprint density at radius 2 is 1.67 bits per heavy atom. The summed E-state index contributed by atoms with van der Waals surface area (Å²) >= 11 is 0. The molecule has 2 aliphatic rings. The zero-order valence-corrected chi connectivity index (χ0v) is 22.9. The first kappa shape index (κ1) is 27.1. The first-order chi connectivity index (χ1) is 17.5. The van der Waals surface area contributed by atoms with Crippen LogP contribution in [0.5, 0.6) is 0 Å². The largest absolute Gasteiger partial charge is 0.378 e. The Morgan fingerprint density at radius 3 is 2.39 bits per heavy atom. The van der Waals surface area contributed by atoms with Gasteiger partial charge in [0.1, 0.15) is 0 Å². The van der Waals surface area contributed by atoms with Crippen molar-refractivity contribution < 1.29 is 9.57 Å². The van der Waals surface area contributed by atoms with E-state index in [0.717, 1.165) is 72.1 Å². The Hall–Kier alpha value is -1.96. The highest BCUT2D eigenvalue weighted by molar-refractivity contribution is 5.54. The van der Waals surface area contributed by atoms with Crippen LogP contribution in [0.15, 0.2) is 48.5 Å². The molecule has 0 N–H and O–H groups in total. The van der Waals surface area contributed by atoms with E-state index < -0.39 is 0 Å². The van der Waals surface area contributed by atoms with E-state index in [2.05, 4.69) is 96.2 Å². The van der Waals surface area contributed by atoms with Crippen LogP contribution in [0.3, 0.4) is 0 Å². The van der Waals surface area contributed by atoms with Crippen LogP contribution in [-0.2, 0) is 29.2 Å². The van der Waals surface area contributed by atoms with Gasteiger partial charge in [0.15, 0.2) is 0 Å². The molecule has 1 atom stereocenters. The maximum atomic E-state index is 5.76. The fourth-order valence-corrected chi connectivity index (χ4v) is 5.48. The minimum absolute atomic E-state index is 0.475. The van der Waals surface area contributed by atoms with E-state index in [-0.39, 0.29) is 0 Å². The van der Waals surface area contributed by atoms with E-state index in [4.69, 9.17) is 9.57 Å². The van der Waals surface area contributed by atoms with Crippen molar-refractivity contribution in [1.82, 2.24) is 14.9 Å². The van der Waals surface area contributed by atoms with Crippen molar-refractivity contribution in [3.63, 3.8) is 0 Å². The molecule has 0 saturated carbocycles. The number of hydrogen-bond acceptors (Lipinski definition) is 6. The van der Waals surface area contributed by atoms with Gasteiger partial charge in [-0.25, -0.2) is 0 Å². The number of para-hydroxylation sites is 1. The van der Waals surface area contributed by atoms with Crippen molar-refractivity contribution in [3.8, 4) is 0 Å². The molecule has 0 aliphatic carbocycles. The summed E-state index contributed by atoms with van der Waals surface area (Å²) < 4.78 is 5.64. The number of nitrogens with zero attached hydrogens (tertiary/aromatic N) is 4. The molecule has 2 aliphatic heterocycles. The second kappa shape index (κ2) is 13.5. The van der Waals surface area contributed by atoms with Crippen LogP contribution in [0.4, 0.5) is 5.69 Å². The summed E-state index contributed by atoms with van der Waals surface area (Å²) in [6.07, 6.45) is 2.30. The average molecular weight is 495 g/mol. The molecule has 0 amide bonds. The van der Waals surface area contributed by atoms with E-state index in [0.29, 0.717) is 12.0 Å². The molecule has 2 aromatic carbocycles. The zero-order valence-electron chi connectivity index (χ0n) is 22.9. The van der Waals surface area contributed by atoms with Gasteiger partial charge in [-0.15, -0.1) is 0 Å². The van der Waals surface area contributed by atoms with Gasteiger partial charge in [-0.1, -0.05) is 56.3 Å². The number of hydrogen-bond donors (Lipinski definition) is 0. The summed E-state index contributed by atoms with van der Waals surface area (Å²) in [5.74, 6) is 0.644. The summed E-state index contributed by atoms with van der Waals surface area (Å²) in [5, 5.41) is 2.10. The van der Waals surface area contributed by atoms with Crippen molar-refractivity contribution >= 4 is 5.69 Å². The normalized spacial score (nSPS) is 18.0. The maximum Gasteiger partial charge on any atom is 0.0698 e. The number of rotatable bonds is 12. The fraction of sp³-hybridized carbons (Fsp3) is 0.600. The first-order valence-corrected chi connectivity index (χ1v) is 13.7. The Labute approximate surface area is 218 Å². The van der Waals surface area contributed by atoms with Gasteiger partial charge in [0.2, 0.25) is 0 Å². The van der Waals surface area contributed by atoms with Crippen LogP contribution in [0, 0.1) is 5.92 Å². The van der Waals surface area contributed by atoms with Crippen LogP contribution >= 0.6 is 0 Å². The SMILES string of the molecule is CC(C)C[C@H](CN(C)C)N(Cc1cccc(CN2CCCO2)c1)Cc1ccccc1N1CCOCC1. The van der Waals surface area contributed by atoms with Gasteiger partial charge in [-0.05, 0) is 55.6 Å². The van der Waals surface area contributed by atoms with Gasteiger partial charge in [-0.3, -0.25) is 9.74 Å². The van der Waals surface area contributed by atoms with Crippen LogP contribution in [0.25, 0.3) is 0 Å². The molecule has 0 unspecified atom stereocenters. The molecule has 2 fully saturated rings. The van der Waals surface area contributed by atoms with Gasteiger partial charge >= 0.3 is 0 Å².